The molecule has 0 saturated carbocycles. The molecule has 1 N–H and O–H groups in total. The minimum Gasteiger partial charge on any atom is -0.471 e. The largest absolute Gasteiger partial charge is 0.471 e. The number of anilines is 1. The van der Waals surface area contributed by atoms with Crippen molar-refractivity contribution in [3.63, 3.8) is 0 Å². The molecule has 1 aliphatic rings. The van der Waals surface area contributed by atoms with Crippen LogP contribution in [0.5, 0.6) is 5.88 Å². The summed E-state index contributed by atoms with van der Waals surface area (Å²) in [5.41, 5.74) is 1.61. The smallest absolute Gasteiger partial charge is 0.340 e. The maximum Gasteiger partial charge on any atom is 0.340 e. The fraction of sp³-hybridized carbons (Fsp3) is 0.400. The zero-order chi connectivity index (χ0) is 22.8. The highest BCUT2D eigenvalue weighted by Crippen LogP contribution is 2.29. The predicted molar refractivity (Wildman–Crippen MR) is 102 cm³/mol. The van der Waals surface area contributed by atoms with Gasteiger partial charge in [-0.05, 0) is 11.6 Å². The quantitative estimate of drug-likeness (QED) is 0.636. The van der Waals surface area contributed by atoms with Gasteiger partial charge in [0, 0.05) is 42.0 Å². The molecule has 0 saturated heterocycles. The van der Waals surface area contributed by atoms with Crippen molar-refractivity contribution in [2.24, 2.45) is 5.92 Å². The van der Waals surface area contributed by atoms with Crippen LogP contribution in [0, 0.1) is 5.92 Å². The van der Waals surface area contributed by atoms with Gasteiger partial charge < -0.3 is 15.0 Å². The molecule has 0 aromatic carbocycles. The molecule has 7 nitrogen and oxygen atoms in total. The number of nitrogens with zero attached hydrogens (tertiary/aromatic N) is 3. The van der Waals surface area contributed by atoms with Crippen LogP contribution in [0.2, 0.25) is 0 Å². The zero-order valence-electron chi connectivity index (χ0n) is 16.7. The van der Waals surface area contributed by atoms with E-state index in [1.165, 1.54) is 29.4 Å². The highest BCUT2D eigenvalue weighted by Gasteiger charge is 2.41. The number of halogens is 4. The monoisotopic (exact) mass is 440 g/mol. The highest BCUT2D eigenvalue weighted by atomic mass is 19.3. The van der Waals surface area contributed by atoms with Gasteiger partial charge in [0.1, 0.15) is 5.82 Å². The Morgan fingerprint density at radius 3 is 2.61 bits per heavy atom. The molecule has 0 unspecified atom stereocenters. The van der Waals surface area contributed by atoms with Crippen LogP contribution in [0.25, 0.3) is 0 Å². The molecule has 2 amide bonds. The first kappa shape index (κ1) is 22.4. The van der Waals surface area contributed by atoms with Crippen molar-refractivity contribution in [3.8, 4) is 5.88 Å². The van der Waals surface area contributed by atoms with Gasteiger partial charge in [0.25, 0.3) is 5.91 Å². The van der Waals surface area contributed by atoms with Crippen LogP contribution in [0.1, 0.15) is 35.3 Å². The summed E-state index contributed by atoms with van der Waals surface area (Å²) in [7, 11) is 0. The summed E-state index contributed by atoms with van der Waals surface area (Å²) >= 11 is 0. The number of rotatable bonds is 8. The molecule has 2 aromatic heterocycles. The van der Waals surface area contributed by atoms with E-state index in [9.17, 15) is 27.2 Å². The van der Waals surface area contributed by atoms with E-state index in [0.717, 1.165) is 0 Å². The van der Waals surface area contributed by atoms with Gasteiger partial charge in [0.2, 0.25) is 11.8 Å². The third-order valence-corrected chi connectivity index (χ3v) is 4.59. The molecule has 0 fully saturated rings. The Labute approximate surface area is 175 Å². The Balaban J connectivity index is 1.65. The number of fused-ring (bicyclic) bond motifs is 1. The summed E-state index contributed by atoms with van der Waals surface area (Å²) in [6.45, 7) is 2.37. The second kappa shape index (κ2) is 8.86. The summed E-state index contributed by atoms with van der Waals surface area (Å²) < 4.78 is 54.9. The lowest BCUT2D eigenvalue weighted by Crippen LogP contribution is -2.33. The number of carbonyl (C=O) groups excluding carboxylic acids is 2. The van der Waals surface area contributed by atoms with E-state index in [1.807, 2.05) is 0 Å². The van der Waals surface area contributed by atoms with Crippen molar-refractivity contribution in [2.45, 2.75) is 39.3 Å². The van der Waals surface area contributed by atoms with Crippen molar-refractivity contribution in [1.29, 1.82) is 0 Å². The second-order valence-electron chi connectivity index (χ2n) is 7.35. The Kier molecular flexibility index (Phi) is 6.42. The first-order valence-corrected chi connectivity index (χ1v) is 9.40. The van der Waals surface area contributed by atoms with E-state index in [-0.39, 0.29) is 36.7 Å². The second-order valence-corrected chi connectivity index (χ2v) is 7.35. The van der Waals surface area contributed by atoms with Crippen LogP contribution in [-0.2, 0) is 17.9 Å². The van der Waals surface area contributed by atoms with Crippen LogP contribution in [-0.4, -0.2) is 45.6 Å². The molecule has 0 radical (unpaired) electrons. The number of carbonyl (C=O) groups is 2. The third kappa shape index (κ3) is 5.09. The van der Waals surface area contributed by atoms with Gasteiger partial charge in [-0.3, -0.25) is 9.59 Å². The van der Waals surface area contributed by atoms with E-state index in [0.29, 0.717) is 22.5 Å². The lowest BCUT2D eigenvalue weighted by Gasteiger charge is -2.17. The minimum absolute atomic E-state index is 0.158. The molecule has 31 heavy (non-hydrogen) atoms. The Bertz CT molecular complexity index is 967. The molecule has 0 bridgehead atoms. The molecule has 3 rings (SSSR count). The van der Waals surface area contributed by atoms with Crippen LogP contribution < -0.4 is 10.1 Å². The standard InChI is InChI=1S/C20H20F4N4O3/c1-11(2)17(29)27-16-14-9-28(18(30)13(14)5-6-25-16)8-12-3-4-15(26-7-12)31-10-20(23,24)19(21)22/h3-7,11,19H,8-10H2,1-2H3,(H,25,27,29). The van der Waals surface area contributed by atoms with Gasteiger partial charge in [-0.15, -0.1) is 0 Å². The summed E-state index contributed by atoms with van der Waals surface area (Å²) in [5.74, 6) is -4.90. The minimum atomic E-state index is -4.27. The maximum absolute atomic E-state index is 12.9. The number of pyridine rings is 2. The number of aromatic nitrogens is 2. The SMILES string of the molecule is CC(C)C(=O)Nc1nccc2c1CN(Cc1ccc(OCC(F)(F)C(F)F)nc1)C2=O. The molecule has 0 spiro atoms. The molecule has 166 valence electrons. The van der Waals surface area contributed by atoms with Crippen molar-refractivity contribution >= 4 is 17.6 Å². The van der Waals surface area contributed by atoms with Gasteiger partial charge in [0.05, 0.1) is 6.54 Å². The van der Waals surface area contributed by atoms with E-state index >= 15 is 0 Å². The van der Waals surface area contributed by atoms with Crippen molar-refractivity contribution in [2.75, 3.05) is 11.9 Å². The number of alkyl halides is 4. The molecule has 0 aliphatic carbocycles. The molecule has 1 aliphatic heterocycles. The number of hydrogen-bond donors (Lipinski definition) is 1. The van der Waals surface area contributed by atoms with Crippen molar-refractivity contribution in [1.82, 2.24) is 14.9 Å². The molecular weight excluding hydrogens is 420 g/mol. The van der Waals surface area contributed by atoms with Crippen LogP contribution in [0.15, 0.2) is 30.6 Å². The van der Waals surface area contributed by atoms with Crippen LogP contribution in [0.3, 0.4) is 0 Å². The number of hydrogen-bond acceptors (Lipinski definition) is 5. The number of ether oxygens (including phenoxy) is 1. The first-order valence-electron chi connectivity index (χ1n) is 9.40. The van der Waals surface area contributed by atoms with Crippen LogP contribution in [0.4, 0.5) is 23.4 Å². The summed E-state index contributed by atoms with van der Waals surface area (Å²) in [6.07, 6.45) is -1.08. The lowest BCUT2D eigenvalue weighted by molar-refractivity contribution is -0.148. The van der Waals surface area contributed by atoms with Gasteiger partial charge in [-0.25, -0.2) is 18.7 Å². The summed E-state index contributed by atoms with van der Waals surface area (Å²) in [6, 6.07) is 4.33. The van der Waals surface area contributed by atoms with E-state index < -0.39 is 19.0 Å². The average Bonchev–Trinajstić information content (AvgIpc) is 3.04. The van der Waals surface area contributed by atoms with E-state index in [1.54, 1.807) is 19.9 Å². The van der Waals surface area contributed by atoms with Gasteiger partial charge >= 0.3 is 12.3 Å². The Hall–Kier alpha value is -3.24. The van der Waals surface area contributed by atoms with Gasteiger partial charge in [-0.2, -0.15) is 8.78 Å². The topological polar surface area (TPSA) is 84.4 Å². The highest BCUT2D eigenvalue weighted by molar-refractivity contribution is 6.01. The van der Waals surface area contributed by atoms with E-state index in [4.69, 9.17) is 0 Å². The normalized spacial score (nSPS) is 13.7. The number of nitrogens with one attached hydrogen (secondary N) is 1. The van der Waals surface area contributed by atoms with Crippen molar-refractivity contribution < 1.29 is 31.9 Å². The molecule has 2 aromatic rings. The maximum atomic E-state index is 12.9. The molecular formula is C20H20F4N4O3. The van der Waals surface area contributed by atoms with Gasteiger partial charge in [-0.1, -0.05) is 19.9 Å². The predicted octanol–water partition coefficient (Wildman–Crippen LogP) is 3.51. The lowest BCUT2D eigenvalue weighted by atomic mass is 10.1. The third-order valence-electron chi connectivity index (χ3n) is 4.59. The molecule has 11 heteroatoms. The first-order chi connectivity index (χ1) is 14.6. The van der Waals surface area contributed by atoms with E-state index in [2.05, 4.69) is 20.0 Å². The molecule has 0 atom stereocenters. The zero-order valence-corrected chi connectivity index (χ0v) is 16.7. The Morgan fingerprint density at radius 2 is 2.00 bits per heavy atom. The van der Waals surface area contributed by atoms with Crippen molar-refractivity contribution in [3.05, 3.63) is 47.3 Å². The van der Waals surface area contributed by atoms with Crippen LogP contribution >= 0.6 is 0 Å². The summed E-state index contributed by atoms with van der Waals surface area (Å²) in [5, 5.41) is 2.72. The summed E-state index contributed by atoms with van der Waals surface area (Å²) in [4.78, 5) is 34.2. The fourth-order valence-electron chi connectivity index (χ4n) is 2.83. The average molecular weight is 440 g/mol. The molecule has 3 heterocycles. The number of amides is 2. The van der Waals surface area contributed by atoms with Gasteiger partial charge in [0.15, 0.2) is 6.61 Å². The fourth-order valence-corrected chi connectivity index (χ4v) is 2.83. The Morgan fingerprint density at radius 1 is 1.26 bits per heavy atom.